The molecule has 0 radical (unpaired) electrons. The summed E-state index contributed by atoms with van der Waals surface area (Å²) in [5.41, 5.74) is 2.12. The number of carbonyl (C=O) groups is 1. The largest absolute Gasteiger partial charge is 0.465 e. The molecule has 3 aliphatic rings. The van der Waals surface area contributed by atoms with Crippen LogP contribution in [0.4, 0.5) is 4.79 Å². The van der Waals surface area contributed by atoms with Gasteiger partial charge < -0.3 is 10.0 Å². The van der Waals surface area contributed by atoms with Crippen LogP contribution in [0.1, 0.15) is 38.5 Å². The van der Waals surface area contributed by atoms with Crippen LogP contribution in [0.2, 0.25) is 0 Å². The van der Waals surface area contributed by atoms with Crippen molar-refractivity contribution >= 4 is 6.09 Å². The molecular formula is C13H19NO2. The first-order valence-corrected chi connectivity index (χ1v) is 6.35. The molecular weight excluding hydrogens is 202 g/mol. The smallest absolute Gasteiger partial charge is 0.407 e. The molecule has 1 saturated heterocycles. The topological polar surface area (TPSA) is 40.5 Å². The van der Waals surface area contributed by atoms with E-state index in [4.69, 9.17) is 5.11 Å². The van der Waals surface area contributed by atoms with Gasteiger partial charge in [-0.15, -0.1) is 0 Å². The highest BCUT2D eigenvalue weighted by Gasteiger charge is 2.41. The van der Waals surface area contributed by atoms with Crippen molar-refractivity contribution in [1.82, 2.24) is 4.90 Å². The van der Waals surface area contributed by atoms with Crippen molar-refractivity contribution in [2.45, 2.75) is 38.5 Å². The number of allylic oxidation sites excluding steroid dienone is 2. The van der Waals surface area contributed by atoms with Crippen LogP contribution in [0.5, 0.6) is 0 Å². The monoisotopic (exact) mass is 221 g/mol. The number of piperidine rings is 1. The maximum absolute atomic E-state index is 10.9. The van der Waals surface area contributed by atoms with Gasteiger partial charge in [0.25, 0.3) is 0 Å². The van der Waals surface area contributed by atoms with E-state index in [0.717, 1.165) is 31.8 Å². The fourth-order valence-electron chi connectivity index (χ4n) is 3.24. The van der Waals surface area contributed by atoms with Crippen LogP contribution in [-0.4, -0.2) is 29.2 Å². The lowest BCUT2D eigenvalue weighted by Crippen LogP contribution is -2.41. The number of nitrogens with zero attached hydrogens (tertiary/aromatic N) is 1. The van der Waals surface area contributed by atoms with Gasteiger partial charge in [0.15, 0.2) is 0 Å². The van der Waals surface area contributed by atoms with Crippen molar-refractivity contribution in [1.29, 1.82) is 0 Å². The summed E-state index contributed by atoms with van der Waals surface area (Å²) in [5, 5.41) is 8.93. The van der Waals surface area contributed by atoms with Crippen molar-refractivity contribution in [3.05, 3.63) is 11.6 Å². The predicted molar refractivity (Wildman–Crippen MR) is 61.3 cm³/mol. The molecule has 16 heavy (non-hydrogen) atoms. The first-order valence-electron chi connectivity index (χ1n) is 6.35. The van der Waals surface area contributed by atoms with E-state index < -0.39 is 6.09 Å². The Bertz CT molecular complexity index is 336. The molecule has 0 bridgehead atoms. The number of likely N-dealkylation sites (tertiary alicyclic amines) is 1. The van der Waals surface area contributed by atoms with Crippen LogP contribution in [0.3, 0.4) is 0 Å². The van der Waals surface area contributed by atoms with Crippen LogP contribution in [-0.2, 0) is 0 Å². The SMILES string of the molecule is O=C(O)N1CCC2(CC=C(C3CC3)C2)CC1. The minimum atomic E-state index is -0.747. The van der Waals surface area contributed by atoms with Gasteiger partial charge >= 0.3 is 6.09 Å². The van der Waals surface area contributed by atoms with Gasteiger partial charge in [0.2, 0.25) is 0 Å². The van der Waals surface area contributed by atoms with E-state index in [2.05, 4.69) is 6.08 Å². The molecule has 1 amide bonds. The Morgan fingerprint density at radius 2 is 2.06 bits per heavy atom. The van der Waals surface area contributed by atoms with Crippen molar-refractivity contribution in [3.63, 3.8) is 0 Å². The fraction of sp³-hybridized carbons (Fsp3) is 0.769. The van der Waals surface area contributed by atoms with E-state index in [1.165, 1.54) is 25.7 Å². The second-order valence-corrected chi connectivity index (χ2v) is 5.70. The lowest BCUT2D eigenvalue weighted by molar-refractivity contribution is 0.0938. The number of carboxylic acid groups (broad SMARTS) is 1. The van der Waals surface area contributed by atoms with Crippen LogP contribution >= 0.6 is 0 Å². The highest BCUT2D eigenvalue weighted by atomic mass is 16.4. The summed E-state index contributed by atoms with van der Waals surface area (Å²) in [6.07, 6.45) is 9.07. The highest BCUT2D eigenvalue weighted by molar-refractivity contribution is 5.65. The minimum Gasteiger partial charge on any atom is -0.465 e. The zero-order valence-electron chi connectivity index (χ0n) is 9.61. The summed E-state index contributed by atoms with van der Waals surface area (Å²) in [4.78, 5) is 12.4. The van der Waals surface area contributed by atoms with Crippen LogP contribution < -0.4 is 0 Å². The van der Waals surface area contributed by atoms with Crippen LogP contribution in [0.25, 0.3) is 0 Å². The van der Waals surface area contributed by atoms with Gasteiger partial charge in [0.05, 0.1) is 0 Å². The van der Waals surface area contributed by atoms with Crippen molar-refractivity contribution in [3.8, 4) is 0 Å². The van der Waals surface area contributed by atoms with Crippen LogP contribution in [0.15, 0.2) is 11.6 Å². The summed E-state index contributed by atoms with van der Waals surface area (Å²) in [6.45, 7) is 1.47. The number of amides is 1. The van der Waals surface area contributed by atoms with E-state index in [9.17, 15) is 4.79 Å². The highest BCUT2D eigenvalue weighted by Crippen LogP contribution is 2.52. The van der Waals surface area contributed by atoms with E-state index in [1.54, 1.807) is 10.5 Å². The second-order valence-electron chi connectivity index (χ2n) is 5.70. The Hall–Kier alpha value is -0.990. The predicted octanol–water partition coefficient (Wildman–Crippen LogP) is 2.88. The Balaban J connectivity index is 1.60. The van der Waals surface area contributed by atoms with Crippen molar-refractivity contribution < 1.29 is 9.90 Å². The molecule has 0 aromatic rings. The molecule has 3 nitrogen and oxygen atoms in total. The average molecular weight is 221 g/mol. The number of rotatable bonds is 1. The Morgan fingerprint density at radius 1 is 1.38 bits per heavy atom. The summed E-state index contributed by atoms with van der Waals surface area (Å²) in [5.74, 6) is 0.900. The van der Waals surface area contributed by atoms with Gasteiger partial charge in [0, 0.05) is 13.1 Å². The third-order valence-corrected chi connectivity index (χ3v) is 4.57. The first-order chi connectivity index (χ1) is 7.69. The average Bonchev–Trinajstić information content (AvgIpc) is 3.04. The van der Waals surface area contributed by atoms with Gasteiger partial charge in [-0.2, -0.15) is 0 Å². The van der Waals surface area contributed by atoms with Crippen LogP contribution in [0, 0.1) is 11.3 Å². The number of hydrogen-bond acceptors (Lipinski definition) is 1. The van der Waals surface area contributed by atoms with E-state index in [1.807, 2.05) is 0 Å². The molecule has 1 aliphatic heterocycles. The molecule has 3 rings (SSSR count). The molecule has 1 heterocycles. The Kier molecular flexibility index (Phi) is 2.23. The molecule has 88 valence electrons. The molecule has 2 aliphatic carbocycles. The zero-order chi connectivity index (χ0) is 11.2. The summed E-state index contributed by atoms with van der Waals surface area (Å²) < 4.78 is 0. The van der Waals surface area contributed by atoms with Crippen molar-refractivity contribution in [2.75, 3.05) is 13.1 Å². The van der Waals surface area contributed by atoms with E-state index >= 15 is 0 Å². The standard InChI is InChI=1S/C13H19NO2/c15-12(16)14-7-5-13(6-8-14)4-3-11(9-13)10-1-2-10/h3,10H,1-2,4-9H2,(H,15,16). The summed E-state index contributed by atoms with van der Waals surface area (Å²) >= 11 is 0. The lowest BCUT2D eigenvalue weighted by Gasteiger charge is -2.38. The van der Waals surface area contributed by atoms with Gasteiger partial charge in [-0.25, -0.2) is 4.79 Å². The van der Waals surface area contributed by atoms with E-state index in [-0.39, 0.29) is 0 Å². The third-order valence-electron chi connectivity index (χ3n) is 4.57. The van der Waals surface area contributed by atoms with Gasteiger partial charge in [-0.3, -0.25) is 0 Å². The lowest BCUT2D eigenvalue weighted by atomic mass is 9.75. The van der Waals surface area contributed by atoms with Gasteiger partial charge in [0.1, 0.15) is 0 Å². The first kappa shape index (κ1) is 10.2. The molecule has 0 unspecified atom stereocenters. The van der Waals surface area contributed by atoms with Gasteiger partial charge in [-0.05, 0) is 49.9 Å². The minimum absolute atomic E-state index is 0.434. The summed E-state index contributed by atoms with van der Waals surface area (Å²) in [7, 11) is 0. The molecule has 2 fully saturated rings. The Labute approximate surface area is 96.1 Å². The third kappa shape index (κ3) is 1.72. The fourth-order valence-corrected chi connectivity index (χ4v) is 3.24. The molecule has 0 aromatic carbocycles. The summed E-state index contributed by atoms with van der Waals surface area (Å²) in [6, 6.07) is 0. The zero-order valence-corrected chi connectivity index (χ0v) is 9.61. The molecule has 0 aromatic heterocycles. The molecule has 0 atom stereocenters. The molecule has 1 spiro atoms. The molecule has 1 saturated carbocycles. The maximum Gasteiger partial charge on any atom is 0.407 e. The normalized spacial score (nSPS) is 28.2. The molecule has 3 heteroatoms. The molecule has 1 N–H and O–H groups in total. The quantitative estimate of drug-likeness (QED) is 0.692. The van der Waals surface area contributed by atoms with Gasteiger partial charge in [-0.1, -0.05) is 11.6 Å². The maximum atomic E-state index is 10.9. The van der Waals surface area contributed by atoms with E-state index in [0.29, 0.717) is 5.41 Å². The Morgan fingerprint density at radius 3 is 2.62 bits per heavy atom. The van der Waals surface area contributed by atoms with Crippen molar-refractivity contribution in [2.24, 2.45) is 11.3 Å². The number of hydrogen-bond donors (Lipinski definition) is 1. The second kappa shape index (κ2) is 3.51.